The topological polar surface area (TPSA) is 53.1 Å². The summed E-state index contributed by atoms with van der Waals surface area (Å²) in [5.74, 6) is 1.51. The lowest BCUT2D eigenvalue weighted by molar-refractivity contribution is 0.414. The molecule has 4 heteroatoms. The van der Waals surface area contributed by atoms with Crippen LogP contribution in [0.4, 0.5) is 0 Å². The Hall–Kier alpha value is -1.81. The first-order valence-electron chi connectivity index (χ1n) is 6.25. The summed E-state index contributed by atoms with van der Waals surface area (Å²) in [5.41, 5.74) is 8.98. The number of hydrogen-bond acceptors (Lipinski definition) is 3. The molecule has 94 valence electrons. The van der Waals surface area contributed by atoms with Gasteiger partial charge in [-0.2, -0.15) is 5.10 Å². The first-order valence-corrected chi connectivity index (χ1v) is 6.25. The van der Waals surface area contributed by atoms with Crippen LogP contribution in [-0.4, -0.2) is 16.9 Å². The van der Waals surface area contributed by atoms with Gasteiger partial charge in [0.15, 0.2) is 0 Å². The number of nitrogens with two attached hydrogens (primary N) is 1. The second-order valence-corrected chi connectivity index (χ2v) is 4.65. The second-order valence-electron chi connectivity index (χ2n) is 4.65. The maximum Gasteiger partial charge on any atom is 0.119 e. The van der Waals surface area contributed by atoms with Crippen molar-refractivity contribution in [3.63, 3.8) is 0 Å². The normalized spacial score (nSPS) is 14.8. The molecule has 2 aromatic rings. The third-order valence-electron chi connectivity index (χ3n) is 3.31. The zero-order valence-corrected chi connectivity index (χ0v) is 10.5. The first kappa shape index (κ1) is 11.3. The molecule has 0 aliphatic heterocycles. The third-order valence-corrected chi connectivity index (χ3v) is 3.31. The molecule has 1 aliphatic rings. The predicted octanol–water partition coefficient (Wildman–Crippen LogP) is 2.22. The summed E-state index contributed by atoms with van der Waals surface area (Å²) in [4.78, 5) is 0. The average Bonchev–Trinajstić information content (AvgIpc) is 3.18. The van der Waals surface area contributed by atoms with Crippen molar-refractivity contribution in [1.29, 1.82) is 0 Å². The highest BCUT2D eigenvalue weighted by molar-refractivity contribution is 5.39. The second kappa shape index (κ2) is 4.46. The number of nitrogens with zero attached hydrogens (tertiary/aromatic N) is 2. The molecule has 3 rings (SSSR count). The van der Waals surface area contributed by atoms with E-state index in [4.69, 9.17) is 10.5 Å². The van der Waals surface area contributed by atoms with Crippen molar-refractivity contribution in [3.8, 4) is 11.4 Å². The van der Waals surface area contributed by atoms with E-state index in [2.05, 4.69) is 11.2 Å². The van der Waals surface area contributed by atoms with Crippen molar-refractivity contribution >= 4 is 0 Å². The summed E-state index contributed by atoms with van der Waals surface area (Å²) in [6, 6.07) is 10.1. The summed E-state index contributed by atoms with van der Waals surface area (Å²) in [7, 11) is 1.67. The molecule has 1 aromatic carbocycles. The van der Waals surface area contributed by atoms with Gasteiger partial charge in [0.05, 0.1) is 18.5 Å². The first-order chi connectivity index (χ1) is 8.81. The molecule has 18 heavy (non-hydrogen) atoms. The Morgan fingerprint density at radius 2 is 2.06 bits per heavy atom. The van der Waals surface area contributed by atoms with Crippen LogP contribution in [0.5, 0.6) is 5.75 Å². The molecule has 1 saturated carbocycles. The SMILES string of the molecule is COc1ccc(-n2nc(CN)cc2C2CC2)cc1. The van der Waals surface area contributed by atoms with E-state index in [1.165, 1.54) is 18.5 Å². The fraction of sp³-hybridized carbons (Fsp3) is 0.357. The zero-order valence-electron chi connectivity index (χ0n) is 10.5. The Morgan fingerprint density at radius 1 is 1.33 bits per heavy atom. The van der Waals surface area contributed by atoms with Crippen molar-refractivity contribution in [2.45, 2.75) is 25.3 Å². The molecular weight excluding hydrogens is 226 g/mol. The number of rotatable bonds is 4. The Morgan fingerprint density at radius 3 is 2.61 bits per heavy atom. The van der Waals surface area contributed by atoms with Gasteiger partial charge in [0.2, 0.25) is 0 Å². The Balaban J connectivity index is 2.00. The average molecular weight is 243 g/mol. The van der Waals surface area contributed by atoms with Gasteiger partial charge in [-0.15, -0.1) is 0 Å². The van der Waals surface area contributed by atoms with Crippen molar-refractivity contribution < 1.29 is 4.74 Å². The van der Waals surface area contributed by atoms with Gasteiger partial charge in [-0.1, -0.05) is 0 Å². The van der Waals surface area contributed by atoms with Gasteiger partial charge in [0.25, 0.3) is 0 Å². The van der Waals surface area contributed by atoms with Crippen molar-refractivity contribution in [3.05, 3.63) is 41.7 Å². The molecule has 2 N–H and O–H groups in total. The van der Waals surface area contributed by atoms with Crippen molar-refractivity contribution in [2.24, 2.45) is 5.73 Å². The maximum atomic E-state index is 5.68. The standard InChI is InChI=1S/C14H17N3O/c1-18-13-6-4-12(5-7-13)17-14(10-2-3-10)8-11(9-15)16-17/h4-8,10H,2-3,9,15H2,1H3. The summed E-state index contributed by atoms with van der Waals surface area (Å²) < 4.78 is 7.18. The maximum absolute atomic E-state index is 5.68. The highest BCUT2D eigenvalue weighted by Crippen LogP contribution is 2.41. The van der Waals surface area contributed by atoms with Crippen LogP contribution in [0.15, 0.2) is 30.3 Å². The van der Waals surface area contributed by atoms with Gasteiger partial charge in [-0.05, 0) is 43.2 Å². The largest absolute Gasteiger partial charge is 0.497 e. The van der Waals surface area contributed by atoms with E-state index in [-0.39, 0.29) is 0 Å². The van der Waals surface area contributed by atoms with E-state index < -0.39 is 0 Å². The van der Waals surface area contributed by atoms with Gasteiger partial charge in [-0.25, -0.2) is 4.68 Å². The minimum Gasteiger partial charge on any atom is -0.497 e. The summed E-state index contributed by atoms with van der Waals surface area (Å²) in [6.45, 7) is 0.489. The number of methoxy groups -OCH3 is 1. The van der Waals surface area contributed by atoms with Crippen LogP contribution in [0, 0.1) is 0 Å². The smallest absolute Gasteiger partial charge is 0.119 e. The monoisotopic (exact) mass is 243 g/mol. The Kier molecular flexibility index (Phi) is 2.80. The van der Waals surface area contributed by atoms with Crippen LogP contribution in [0.3, 0.4) is 0 Å². The van der Waals surface area contributed by atoms with Gasteiger partial charge >= 0.3 is 0 Å². The lowest BCUT2D eigenvalue weighted by Gasteiger charge is -2.07. The Bertz CT molecular complexity index is 541. The van der Waals surface area contributed by atoms with Crippen LogP contribution >= 0.6 is 0 Å². The van der Waals surface area contributed by atoms with Crippen LogP contribution in [-0.2, 0) is 6.54 Å². The molecule has 1 aliphatic carbocycles. The number of hydrogen-bond donors (Lipinski definition) is 1. The van der Waals surface area contributed by atoms with E-state index in [0.29, 0.717) is 12.5 Å². The fourth-order valence-electron chi connectivity index (χ4n) is 2.15. The lowest BCUT2D eigenvalue weighted by Crippen LogP contribution is -2.02. The Labute approximate surface area is 106 Å². The quantitative estimate of drug-likeness (QED) is 0.895. The number of ether oxygens (including phenoxy) is 1. The predicted molar refractivity (Wildman–Crippen MR) is 70.0 cm³/mol. The van der Waals surface area contributed by atoms with E-state index >= 15 is 0 Å². The third kappa shape index (κ3) is 1.99. The van der Waals surface area contributed by atoms with Gasteiger partial charge < -0.3 is 10.5 Å². The highest BCUT2D eigenvalue weighted by Gasteiger charge is 2.28. The van der Waals surface area contributed by atoms with Crippen LogP contribution in [0.2, 0.25) is 0 Å². The van der Waals surface area contributed by atoms with Crippen LogP contribution in [0.25, 0.3) is 5.69 Å². The molecule has 0 radical (unpaired) electrons. The number of aromatic nitrogens is 2. The number of benzene rings is 1. The molecule has 0 unspecified atom stereocenters. The molecule has 1 heterocycles. The molecule has 1 aromatic heterocycles. The zero-order chi connectivity index (χ0) is 12.5. The fourth-order valence-corrected chi connectivity index (χ4v) is 2.15. The van der Waals surface area contributed by atoms with Crippen molar-refractivity contribution in [2.75, 3.05) is 7.11 Å². The molecule has 0 spiro atoms. The molecule has 4 nitrogen and oxygen atoms in total. The molecule has 0 atom stereocenters. The lowest BCUT2D eigenvalue weighted by atomic mass is 10.2. The van der Waals surface area contributed by atoms with Gasteiger partial charge in [0, 0.05) is 18.2 Å². The van der Waals surface area contributed by atoms with Crippen LogP contribution in [0.1, 0.15) is 30.1 Å². The van der Waals surface area contributed by atoms with E-state index in [1.807, 2.05) is 28.9 Å². The minimum atomic E-state index is 0.489. The highest BCUT2D eigenvalue weighted by atomic mass is 16.5. The molecule has 0 amide bonds. The van der Waals surface area contributed by atoms with Crippen molar-refractivity contribution in [1.82, 2.24) is 9.78 Å². The molecule has 1 fully saturated rings. The summed E-state index contributed by atoms with van der Waals surface area (Å²) >= 11 is 0. The summed E-state index contributed by atoms with van der Waals surface area (Å²) in [6.07, 6.45) is 2.51. The molecule has 0 bridgehead atoms. The minimum absolute atomic E-state index is 0.489. The molecule has 0 saturated heterocycles. The van der Waals surface area contributed by atoms with Gasteiger partial charge in [-0.3, -0.25) is 0 Å². The van der Waals surface area contributed by atoms with E-state index in [1.54, 1.807) is 7.11 Å². The van der Waals surface area contributed by atoms with E-state index in [0.717, 1.165) is 17.1 Å². The summed E-state index contributed by atoms with van der Waals surface area (Å²) in [5, 5.41) is 4.57. The van der Waals surface area contributed by atoms with E-state index in [9.17, 15) is 0 Å². The molecular formula is C14H17N3O. The van der Waals surface area contributed by atoms with Gasteiger partial charge in [0.1, 0.15) is 5.75 Å². The van der Waals surface area contributed by atoms with Crippen LogP contribution < -0.4 is 10.5 Å².